The van der Waals surface area contributed by atoms with Gasteiger partial charge in [-0.25, -0.2) is 9.59 Å². The van der Waals surface area contributed by atoms with Crippen LogP contribution in [0.15, 0.2) is 24.3 Å². The van der Waals surface area contributed by atoms with E-state index in [4.69, 9.17) is 22.7 Å². The predicted octanol–water partition coefficient (Wildman–Crippen LogP) is 1.09. The van der Waals surface area contributed by atoms with Gasteiger partial charge < -0.3 is 20.9 Å². The molecule has 1 heterocycles. The van der Waals surface area contributed by atoms with Crippen LogP contribution in [0.3, 0.4) is 0 Å². The van der Waals surface area contributed by atoms with Crippen molar-refractivity contribution >= 4 is 35.4 Å². The van der Waals surface area contributed by atoms with Crippen LogP contribution < -0.4 is 11.1 Å². The molecule has 4 N–H and O–H groups in total. The Hall–Kier alpha value is -2.79. The van der Waals surface area contributed by atoms with Gasteiger partial charge in [0.15, 0.2) is 0 Å². The second-order valence-electron chi connectivity index (χ2n) is 6.21. The molecule has 146 valence electrons. The number of nitrogens with one attached hydrogen (secondary N) is 1. The zero-order valence-corrected chi connectivity index (χ0v) is 15.2. The van der Waals surface area contributed by atoms with Gasteiger partial charge in [0.2, 0.25) is 0 Å². The second kappa shape index (κ2) is 8.73. The number of aliphatic hydroxyl groups is 1. The van der Waals surface area contributed by atoms with E-state index in [0.717, 1.165) is 0 Å². The van der Waals surface area contributed by atoms with Gasteiger partial charge in [-0.15, -0.1) is 0 Å². The Kier molecular flexibility index (Phi) is 6.64. The summed E-state index contributed by atoms with van der Waals surface area (Å²) in [7, 11) is 0. The summed E-state index contributed by atoms with van der Waals surface area (Å²) in [6.07, 6.45) is -0.943. The number of aliphatic hydroxyl groups excluding tert-OH is 1. The topological polar surface area (TPSA) is 148 Å². The maximum absolute atomic E-state index is 12.5. The number of carbonyl (C=O) groups is 2. The summed E-state index contributed by atoms with van der Waals surface area (Å²) in [5.74, 6) is 0. The third kappa shape index (κ3) is 5.11. The van der Waals surface area contributed by atoms with Gasteiger partial charge in [-0.2, -0.15) is 0 Å². The first kappa shape index (κ1) is 20.5. The van der Waals surface area contributed by atoms with Crippen LogP contribution in [0.5, 0.6) is 0 Å². The van der Waals surface area contributed by atoms with E-state index in [0.29, 0.717) is 5.56 Å². The van der Waals surface area contributed by atoms with Crippen LogP contribution in [0.1, 0.15) is 18.4 Å². The van der Waals surface area contributed by atoms with Crippen LogP contribution in [-0.4, -0.2) is 57.2 Å². The largest absolute Gasteiger partial charge is 0.445 e. The number of ether oxygens (including phenoxy) is 1. The monoisotopic (exact) mass is 396 g/mol. The number of hydrogen-bond acceptors (Lipinski definition) is 7. The lowest BCUT2D eigenvalue weighted by atomic mass is 9.94. The number of nitrogens with two attached hydrogens (primary N) is 1. The summed E-state index contributed by atoms with van der Waals surface area (Å²) in [5, 5.41) is 24.5. The highest BCUT2D eigenvalue weighted by Crippen LogP contribution is 2.32. The summed E-state index contributed by atoms with van der Waals surface area (Å²) < 4.78 is 5.27. The molecule has 0 spiro atoms. The van der Waals surface area contributed by atoms with Crippen LogP contribution in [0, 0.1) is 10.1 Å². The summed E-state index contributed by atoms with van der Waals surface area (Å²) in [4.78, 5) is 34.8. The fraction of sp³-hybridized carbons (Fsp3) is 0.438. The third-order valence-corrected chi connectivity index (χ3v) is 4.77. The molecule has 2 atom stereocenters. The van der Waals surface area contributed by atoms with E-state index in [2.05, 4.69) is 5.32 Å². The molecule has 0 unspecified atom stereocenters. The number of thiocarbonyl (C=S) groups is 1. The van der Waals surface area contributed by atoms with Crippen molar-refractivity contribution in [3.05, 3.63) is 39.9 Å². The molecule has 10 nitrogen and oxygen atoms in total. The van der Waals surface area contributed by atoms with Gasteiger partial charge in [0.05, 0.1) is 23.1 Å². The van der Waals surface area contributed by atoms with Crippen molar-refractivity contribution < 1.29 is 24.4 Å². The van der Waals surface area contributed by atoms with Crippen molar-refractivity contribution in [3.63, 3.8) is 0 Å². The number of urea groups is 1. The SMILES string of the molecule is NC(=O)NCC[C@@]1(C=S)C[C@@H](O)CN1C(=O)OCc1ccc([N+](=O)[O-])cc1. The fourth-order valence-electron chi connectivity index (χ4n) is 2.98. The number of non-ortho nitro benzene ring substituents is 1. The number of likely N-dealkylation sites (tertiary alicyclic amines) is 1. The number of β-amino-alcohol motifs (C(OH)–C–C–N with tert-alkyl or cyclic N) is 1. The number of primary amides is 1. The molecule has 0 aromatic heterocycles. The van der Waals surface area contributed by atoms with Gasteiger partial charge in [0.1, 0.15) is 6.61 Å². The highest BCUT2D eigenvalue weighted by molar-refractivity contribution is 7.79. The predicted molar refractivity (Wildman–Crippen MR) is 99.2 cm³/mol. The van der Waals surface area contributed by atoms with Crippen molar-refractivity contribution in [1.29, 1.82) is 0 Å². The molecular formula is C16H20N4O6S. The van der Waals surface area contributed by atoms with Gasteiger partial charge in [-0.1, -0.05) is 12.2 Å². The summed E-state index contributed by atoms with van der Waals surface area (Å²) >= 11 is 5.08. The number of nitro groups is 1. The summed E-state index contributed by atoms with van der Waals surface area (Å²) in [6.45, 7) is 0.139. The molecule has 1 aromatic carbocycles. The number of benzene rings is 1. The average Bonchev–Trinajstić information content (AvgIpc) is 2.96. The number of nitrogens with zero attached hydrogens (tertiary/aromatic N) is 2. The minimum atomic E-state index is -0.941. The van der Waals surface area contributed by atoms with E-state index < -0.39 is 28.7 Å². The van der Waals surface area contributed by atoms with E-state index in [1.165, 1.54) is 34.5 Å². The molecule has 0 saturated carbocycles. The maximum atomic E-state index is 12.5. The number of hydrogen-bond donors (Lipinski definition) is 3. The van der Waals surface area contributed by atoms with Crippen LogP contribution in [-0.2, 0) is 11.3 Å². The first-order valence-electron chi connectivity index (χ1n) is 8.13. The first-order valence-corrected chi connectivity index (χ1v) is 8.60. The highest BCUT2D eigenvalue weighted by Gasteiger charge is 2.46. The smallest absolute Gasteiger partial charge is 0.410 e. The Morgan fingerprint density at radius 1 is 1.48 bits per heavy atom. The minimum absolute atomic E-state index is 0.0445. The molecule has 0 bridgehead atoms. The van der Waals surface area contributed by atoms with Crippen molar-refractivity contribution in [2.75, 3.05) is 13.1 Å². The molecule has 3 amide bonds. The van der Waals surface area contributed by atoms with E-state index in [1.54, 1.807) is 0 Å². The van der Waals surface area contributed by atoms with E-state index in [-0.39, 0.29) is 38.2 Å². The molecule has 1 aromatic rings. The second-order valence-corrected chi connectivity index (χ2v) is 6.44. The number of rotatable bonds is 7. The first-order chi connectivity index (χ1) is 12.8. The zero-order chi connectivity index (χ0) is 20.0. The number of amides is 3. The molecule has 11 heteroatoms. The van der Waals surface area contributed by atoms with Crippen LogP contribution in [0.25, 0.3) is 0 Å². The van der Waals surface area contributed by atoms with Gasteiger partial charge in [0.25, 0.3) is 5.69 Å². The average molecular weight is 396 g/mol. The lowest BCUT2D eigenvalue weighted by molar-refractivity contribution is -0.384. The molecule has 1 aliphatic heterocycles. The molecule has 1 saturated heterocycles. The molecule has 0 radical (unpaired) electrons. The molecule has 0 aliphatic carbocycles. The third-order valence-electron chi connectivity index (χ3n) is 4.33. The fourth-order valence-corrected chi connectivity index (χ4v) is 3.32. The van der Waals surface area contributed by atoms with E-state index >= 15 is 0 Å². The number of nitro benzene ring substituents is 1. The van der Waals surface area contributed by atoms with Gasteiger partial charge in [0, 0.05) is 30.5 Å². The Morgan fingerprint density at radius 3 is 2.70 bits per heavy atom. The molecule has 1 aliphatic rings. The van der Waals surface area contributed by atoms with Crippen molar-refractivity contribution in [2.45, 2.75) is 31.1 Å². The molecule has 27 heavy (non-hydrogen) atoms. The van der Waals surface area contributed by atoms with Crippen LogP contribution in [0.2, 0.25) is 0 Å². The van der Waals surface area contributed by atoms with Gasteiger partial charge in [-0.05, 0) is 24.1 Å². The molecular weight excluding hydrogens is 376 g/mol. The Labute approximate surface area is 160 Å². The van der Waals surface area contributed by atoms with E-state index in [1.807, 2.05) is 0 Å². The van der Waals surface area contributed by atoms with Crippen molar-refractivity contribution in [1.82, 2.24) is 10.2 Å². The quantitative estimate of drug-likeness (QED) is 0.355. The Bertz CT molecular complexity index is 728. The normalized spacial score (nSPS) is 21.5. The van der Waals surface area contributed by atoms with Gasteiger partial charge >= 0.3 is 12.1 Å². The zero-order valence-electron chi connectivity index (χ0n) is 14.4. The summed E-state index contributed by atoms with van der Waals surface area (Å²) in [6, 6.07) is 4.93. The standard InChI is InChI=1S/C16H20N4O6S/c17-14(22)18-6-5-16(10-27)7-13(21)8-19(16)15(23)26-9-11-1-3-12(4-2-11)20(24)25/h1-4,10,13,21H,5-9H2,(H3,17,18,22)/t13-,16+/m1/s1. The van der Waals surface area contributed by atoms with Crippen molar-refractivity contribution in [3.8, 4) is 0 Å². The Balaban J connectivity index is 2.02. The highest BCUT2D eigenvalue weighted by atomic mass is 32.1. The number of carbonyl (C=O) groups excluding carboxylic acids is 2. The lowest BCUT2D eigenvalue weighted by Gasteiger charge is -2.34. The molecule has 1 fully saturated rings. The van der Waals surface area contributed by atoms with E-state index in [9.17, 15) is 24.8 Å². The van der Waals surface area contributed by atoms with Crippen molar-refractivity contribution in [2.24, 2.45) is 5.73 Å². The van der Waals surface area contributed by atoms with Crippen LogP contribution >= 0.6 is 12.2 Å². The molecule has 2 rings (SSSR count). The lowest BCUT2D eigenvalue weighted by Crippen LogP contribution is -2.50. The van der Waals surface area contributed by atoms with Crippen LogP contribution in [0.4, 0.5) is 15.3 Å². The Morgan fingerprint density at radius 2 is 2.15 bits per heavy atom. The van der Waals surface area contributed by atoms with Gasteiger partial charge in [-0.3, -0.25) is 15.0 Å². The maximum Gasteiger partial charge on any atom is 0.410 e. The summed E-state index contributed by atoms with van der Waals surface area (Å²) in [5.41, 5.74) is 4.62. The minimum Gasteiger partial charge on any atom is -0.445 e.